The summed E-state index contributed by atoms with van der Waals surface area (Å²) in [4.78, 5) is 15.8. The van der Waals surface area contributed by atoms with Crippen molar-refractivity contribution < 1.29 is 9.18 Å². The normalized spacial score (nSPS) is 10.8. The lowest BCUT2D eigenvalue weighted by atomic mass is 10.1. The molecule has 1 aromatic carbocycles. The van der Waals surface area contributed by atoms with E-state index in [1.54, 1.807) is 24.4 Å². The topological polar surface area (TPSA) is 72.4 Å². The molecule has 3 N–H and O–H groups in total. The number of nitrogens with zero attached hydrogens (tertiary/aromatic N) is 2. The van der Waals surface area contributed by atoms with Crippen LogP contribution in [0.15, 0.2) is 48.8 Å². The molecule has 112 valence electrons. The van der Waals surface area contributed by atoms with Crippen LogP contribution in [0.1, 0.15) is 11.3 Å². The fourth-order valence-electron chi connectivity index (χ4n) is 2.23. The molecule has 22 heavy (non-hydrogen) atoms. The summed E-state index contributed by atoms with van der Waals surface area (Å²) in [5.41, 5.74) is 8.57. The van der Waals surface area contributed by atoms with Gasteiger partial charge in [-0.1, -0.05) is 12.1 Å². The predicted octanol–water partition coefficient (Wildman–Crippen LogP) is 1.96. The van der Waals surface area contributed by atoms with Crippen LogP contribution >= 0.6 is 0 Å². The highest BCUT2D eigenvalue weighted by atomic mass is 19.1. The molecule has 0 spiro atoms. The SMILES string of the molecule is NCC(=O)Nc1ccc2nc(Cc3ccc(F)cc3)cn2c1. The number of rotatable bonds is 4. The lowest BCUT2D eigenvalue weighted by Gasteiger charge is -2.03. The molecule has 3 aromatic rings. The van der Waals surface area contributed by atoms with E-state index in [0.717, 1.165) is 16.9 Å². The number of anilines is 1. The zero-order valence-electron chi connectivity index (χ0n) is 11.8. The quantitative estimate of drug-likeness (QED) is 0.773. The summed E-state index contributed by atoms with van der Waals surface area (Å²) < 4.78 is 14.7. The molecule has 0 fully saturated rings. The molecule has 0 aliphatic carbocycles. The standard InChI is InChI=1S/C16H15FN4O/c17-12-3-1-11(2-4-12)7-14-10-21-9-13(20-16(22)8-18)5-6-15(21)19-14/h1-6,9-10H,7-8,18H2,(H,20,22). The van der Waals surface area contributed by atoms with Crippen molar-refractivity contribution in [3.05, 3.63) is 65.9 Å². The third-order valence-electron chi connectivity index (χ3n) is 3.27. The maximum absolute atomic E-state index is 12.9. The number of aromatic nitrogens is 2. The van der Waals surface area contributed by atoms with Gasteiger partial charge in [-0.25, -0.2) is 9.37 Å². The third-order valence-corrected chi connectivity index (χ3v) is 3.27. The van der Waals surface area contributed by atoms with Gasteiger partial charge in [0.05, 0.1) is 17.9 Å². The highest BCUT2D eigenvalue weighted by Gasteiger charge is 2.05. The van der Waals surface area contributed by atoms with Gasteiger partial charge in [0, 0.05) is 18.8 Å². The van der Waals surface area contributed by atoms with Crippen LogP contribution in [-0.4, -0.2) is 21.8 Å². The van der Waals surface area contributed by atoms with Gasteiger partial charge in [0.15, 0.2) is 0 Å². The molecule has 0 saturated heterocycles. The summed E-state index contributed by atoms with van der Waals surface area (Å²) in [5.74, 6) is -0.495. The Hall–Kier alpha value is -2.73. The molecule has 0 aliphatic heterocycles. The Balaban J connectivity index is 1.83. The summed E-state index contributed by atoms with van der Waals surface area (Å²) >= 11 is 0. The van der Waals surface area contributed by atoms with Gasteiger partial charge in [0.2, 0.25) is 5.91 Å². The third kappa shape index (κ3) is 3.12. The number of carbonyl (C=O) groups is 1. The number of hydrogen-bond acceptors (Lipinski definition) is 3. The molecule has 0 aliphatic rings. The van der Waals surface area contributed by atoms with Gasteiger partial charge < -0.3 is 15.5 Å². The molecule has 0 radical (unpaired) electrons. The van der Waals surface area contributed by atoms with Gasteiger partial charge in [-0.15, -0.1) is 0 Å². The van der Waals surface area contributed by atoms with E-state index in [1.807, 2.05) is 16.7 Å². The Labute approximate surface area is 126 Å². The van der Waals surface area contributed by atoms with Crippen molar-refractivity contribution in [3.8, 4) is 0 Å². The lowest BCUT2D eigenvalue weighted by molar-refractivity contribution is -0.114. The monoisotopic (exact) mass is 298 g/mol. The van der Waals surface area contributed by atoms with E-state index < -0.39 is 0 Å². The fraction of sp³-hybridized carbons (Fsp3) is 0.125. The summed E-state index contributed by atoms with van der Waals surface area (Å²) in [7, 11) is 0. The van der Waals surface area contributed by atoms with E-state index in [-0.39, 0.29) is 18.3 Å². The lowest BCUT2D eigenvalue weighted by Crippen LogP contribution is -2.21. The Morgan fingerprint density at radius 1 is 1.18 bits per heavy atom. The van der Waals surface area contributed by atoms with Gasteiger partial charge in [0.25, 0.3) is 0 Å². The van der Waals surface area contributed by atoms with Crippen molar-refractivity contribution >= 4 is 17.2 Å². The van der Waals surface area contributed by atoms with E-state index in [4.69, 9.17) is 5.73 Å². The number of nitrogens with one attached hydrogen (secondary N) is 1. The molecule has 5 nitrogen and oxygen atoms in total. The summed E-state index contributed by atoms with van der Waals surface area (Å²) in [5, 5.41) is 2.69. The van der Waals surface area contributed by atoms with Gasteiger partial charge in [-0.2, -0.15) is 0 Å². The van der Waals surface area contributed by atoms with Crippen molar-refractivity contribution in [2.75, 3.05) is 11.9 Å². The minimum atomic E-state index is -0.251. The van der Waals surface area contributed by atoms with E-state index in [1.165, 1.54) is 12.1 Å². The first-order chi connectivity index (χ1) is 10.6. The van der Waals surface area contributed by atoms with Crippen LogP contribution in [0.5, 0.6) is 0 Å². The first-order valence-electron chi connectivity index (χ1n) is 6.86. The number of carbonyl (C=O) groups excluding carboxylic acids is 1. The molecule has 0 saturated carbocycles. The van der Waals surface area contributed by atoms with Crippen LogP contribution in [-0.2, 0) is 11.2 Å². The van der Waals surface area contributed by atoms with Crippen LogP contribution in [0, 0.1) is 5.82 Å². The number of benzene rings is 1. The minimum Gasteiger partial charge on any atom is -0.324 e. The zero-order chi connectivity index (χ0) is 15.5. The smallest absolute Gasteiger partial charge is 0.238 e. The number of nitrogens with two attached hydrogens (primary N) is 1. The Morgan fingerprint density at radius 2 is 1.95 bits per heavy atom. The van der Waals surface area contributed by atoms with Crippen molar-refractivity contribution in [1.29, 1.82) is 0 Å². The second kappa shape index (κ2) is 5.95. The number of pyridine rings is 1. The molecule has 0 atom stereocenters. The van der Waals surface area contributed by atoms with Crippen molar-refractivity contribution in [2.24, 2.45) is 5.73 Å². The summed E-state index contributed by atoms with van der Waals surface area (Å²) in [6, 6.07) is 9.95. The van der Waals surface area contributed by atoms with Crippen LogP contribution < -0.4 is 11.1 Å². The fourth-order valence-corrected chi connectivity index (χ4v) is 2.23. The van der Waals surface area contributed by atoms with Crippen LogP contribution in [0.4, 0.5) is 10.1 Å². The molecule has 6 heteroatoms. The van der Waals surface area contributed by atoms with E-state index in [9.17, 15) is 9.18 Å². The van der Waals surface area contributed by atoms with E-state index in [2.05, 4.69) is 10.3 Å². The van der Waals surface area contributed by atoms with Crippen molar-refractivity contribution in [3.63, 3.8) is 0 Å². The average molecular weight is 298 g/mol. The second-order valence-electron chi connectivity index (χ2n) is 4.97. The van der Waals surface area contributed by atoms with Gasteiger partial charge in [-0.05, 0) is 29.8 Å². The largest absolute Gasteiger partial charge is 0.324 e. The number of fused-ring (bicyclic) bond motifs is 1. The molecule has 2 aromatic heterocycles. The molecule has 1 amide bonds. The molecule has 0 bridgehead atoms. The number of halogens is 1. The maximum atomic E-state index is 12.9. The van der Waals surface area contributed by atoms with Crippen molar-refractivity contribution in [1.82, 2.24) is 9.38 Å². The first-order valence-corrected chi connectivity index (χ1v) is 6.86. The second-order valence-corrected chi connectivity index (χ2v) is 4.97. The average Bonchev–Trinajstić information content (AvgIpc) is 2.91. The Morgan fingerprint density at radius 3 is 2.68 bits per heavy atom. The van der Waals surface area contributed by atoms with Gasteiger partial charge in [0.1, 0.15) is 11.5 Å². The van der Waals surface area contributed by atoms with Crippen LogP contribution in [0.2, 0.25) is 0 Å². The minimum absolute atomic E-state index is 0.0578. The van der Waals surface area contributed by atoms with Crippen molar-refractivity contribution in [2.45, 2.75) is 6.42 Å². The molecular formula is C16H15FN4O. The van der Waals surface area contributed by atoms with Gasteiger partial charge >= 0.3 is 0 Å². The highest BCUT2D eigenvalue weighted by Crippen LogP contribution is 2.14. The summed E-state index contributed by atoms with van der Waals surface area (Å²) in [6.07, 6.45) is 4.29. The van der Waals surface area contributed by atoms with E-state index >= 15 is 0 Å². The first kappa shape index (κ1) is 14.2. The maximum Gasteiger partial charge on any atom is 0.238 e. The summed E-state index contributed by atoms with van der Waals surface area (Å²) in [6.45, 7) is -0.0578. The molecule has 2 heterocycles. The zero-order valence-corrected chi connectivity index (χ0v) is 11.8. The number of hydrogen-bond donors (Lipinski definition) is 2. The van der Waals surface area contributed by atoms with Crippen LogP contribution in [0.25, 0.3) is 5.65 Å². The number of amides is 1. The van der Waals surface area contributed by atoms with Crippen LogP contribution in [0.3, 0.4) is 0 Å². The number of imidazole rings is 1. The highest BCUT2D eigenvalue weighted by molar-refractivity contribution is 5.92. The molecular weight excluding hydrogens is 283 g/mol. The van der Waals surface area contributed by atoms with Gasteiger partial charge in [-0.3, -0.25) is 4.79 Å². The predicted molar refractivity (Wildman–Crippen MR) is 82.1 cm³/mol. The molecule has 0 unspecified atom stereocenters. The molecule has 3 rings (SSSR count). The van der Waals surface area contributed by atoms with E-state index in [0.29, 0.717) is 12.1 Å². The Bertz CT molecular complexity index is 811. The Kier molecular flexibility index (Phi) is 3.84.